The van der Waals surface area contributed by atoms with Gasteiger partial charge in [0, 0.05) is 45.9 Å². The molecule has 5 nitrogen and oxygen atoms in total. The van der Waals surface area contributed by atoms with E-state index in [1.54, 1.807) is 0 Å². The van der Waals surface area contributed by atoms with Crippen LogP contribution in [0.5, 0.6) is 0 Å². The van der Waals surface area contributed by atoms with E-state index in [1.165, 1.54) is 32.1 Å². The van der Waals surface area contributed by atoms with Crippen molar-refractivity contribution in [3.8, 4) is 0 Å². The molecule has 0 radical (unpaired) electrons. The number of nitrogens with zero attached hydrogens (tertiary/aromatic N) is 2. The molecule has 4 unspecified atom stereocenters. The summed E-state index contributed by atoms with van der Waals surface area (Å²) < 4.78 is 5.75. The Morgan fingerprint density at radius 2 is 1.72 bits per heavy atom. The van der Waals surface area contributed by atoms with Gasteiger partial charge in [-0.2, -0.15) is 0 Å². The second kappa shape index (κ2) is 12.0. The smallest absolute Gasteiger partial charge is 0.0900 e. The van der Waals surface area contributed by atoms with Crippen LogP contribution in [0.25, 0.3) is 0 Å². The molecule has 4 atom stereocenters. The number of ether oxygens (including phenoxy) is 1. The molecule has 150 valence electrons. The maximum atomic E-state index is 10.1. The first-order valence-electron chi connectivity index (χ1n) is 9.56. The van der Waals surface area contributed by atoms with Gasteiger partial charge in [0.05, 0.1) is 19.3 Å². The van der Waals surface area contributed by atoms with Crippen molar-refractivity contribution in [3.63, 3.8) is 0 Å². The molecule has 1 heterocycles. The average molecular weight is 399 g/mol. The van der Waals surface area contributed by atoms with Crippen molar-refractivity contribution in [1.82, 2.24) is 9.80 Å². The Morgan fingerprint density at radius 3 is 2.32 bits per heavy atom. The highest BCUT2D eigenvalue weighted by atomic mass is 35.5. The quantitative estimate of drug-likeness (QED) is 0.578. The third-order valence-corrected chi connectivity index (χ3v) is 6.18. The summed E-state index contributed by atoms with van der Waals surface area (Å²) in [4.78, 5) is 4.58. The molecule has 1 saturated heterocycles. The van der Waals surface area contributed by atoms with Crippen molar-refractivity contribution >= 4 is 24.8 Å². The maximum Gasteiger partial charge on any atom is 0.0900 e. The molecule has 2 aliphatic carbocycles. The predicted molar refractivity (Wildman–Crippen MR) is 105 cm³/mol. The number of fused-ring (bicyclic) bond motifs is 2. The number of halogens is 2. The minimum Gasteiger partial charge on any atom is -0.395 e. The summed E-state index contributed by atoms with van der Waals surface area (Å²) in [5, 5.41) is 19.1. The SMILES string of the molecule is Cl.Cl.OCCN1CCN(CC(O)COCCC2CC3CCC2C3)CC1. The zero-order valence-corrected chi connectivity index (χ0v) is 16.9. The van der Waals surface area contributed by atoms with E-state index in [9.17, 15) is 5.11 Å². The predicted octanol–water partition coefficient (Wildman–Crippen LogP) is 1.64. The number of hydrogen-bond acceptors (Lipinski definition) is 5. The van der Waals surface area contributed by atoms with E-state index in [0.29, 0.717) is 13.2 Å². The first-order chi connectivity index (χ1) is 11.2. The highest BCUT2D eigenvalue weighted by molar-refractivity contribution is 5.85. The van der Waals surface area contributed by atoms with E-state index >= 15 is 0 Å². The van der Waals surface area contributed by atoms with Gasteiger partial charge in [0.25, 0.3) is 0 Å². The molecule has 0 aromatic carbocycles. The summed E-state index contributed by atoms with van der Waals surface area (Å²) in [6.45, 7) is 6.91. The topological polar surface area (TPSA) is 56.2 Å². The van der Waals surface area contributed by atoms with Crippen LogP contribution in [0.1, 0.15) is 32.1 Å². The molecule has 0 spiro atoms. The van der Waals surface area contributed by atoms with Crippen LogP contribution in [0, 0.1) is 17.8 Å². The minimum absolute atomic E-state index is 0. The van der Waals surface area contributed by atoms with Crippen LogP contribution in [0.3, 0.4) is 0 Å². The Morgan fingerprint density at radius 1 is 1.00 bits per heavy atom. The van der Waals surface area contributed by atoms with E-state index in [0.717, 1.165) is 57.1 Å². The van der Waals surface area contributed by atoms with E-state index in [-0.39, 0.29) is 37.5 Å². The van der Waals surface area contributed by atoms with Crippen molar-refractivity contribution in [3.05, 3.63) is 0 Å². The molecule has 7 heteroatoms. The van der Waals surface area contributed by atoms with Crippen molar-refractivity contribution in [2.24, 2.45) is 17.8 Å². The number of aliphatic hydroxyl groups is 2. The van der Waals surface area contributed by atoms with Gasteiger partial charge in [0.1, 0.15) is 0 Å². The van der Waals surface area contributed by atoms with E-state index in [4.69, 9.17) is 9.84 Å². The second-order valence-corrected chi connectivity index (χ2v) is 7.82. The van der Waals surface area contributed by atoms with Gasteiger partial charge in [0.2, 0.25) is 0 Å². The summed E-state index contributed by atoms with van der Waals surface area (Å²) >= 11 is 0. The summed E-state index contributed by atoms with van der Waals surface area (Å²) in [6, 6.07) is 0. The third kappa shape index (κ3) is 7.13. The lowest BCUT2D eigenvalue weighted by Crippen LogP contribution is -2.49. The summed E-state index contributed by atoms with van der Waals surface area (Å²) in [5.74, 6) is 2.88. The molecular weight excluding hydrogens is 363 g/mol. The van der Waals surface area contributed by atoms with Crippen LogP contribution < -0.4 is 0 Å². The number of β-amino-alcohol motifs (C(OH)–C–C–N with tert-alkyl or cyclic N) is 2. The molecule has 3 rings (SSSR count). The monoisotopic (exact) mass is 398 g/mol. The Labute approximate surface area is 164 Å². The fourth-order valence-electron chi connectivity index (χ4n) is 4.87. The zero-order valence-electron chi connectivity index (χ0n) is 15.2. The first kappa shape index (κ1) is 23.4. The Balaban J connectivity index is 0.00000156. The Kier molecular flexibility index (Phi) is 11.2. The normalized spacial score (nSPS) is 30.7. The summed E-state index contributed by atoms with van der Waals surface area (Å²) in [6.07, 6.45) is 6.62. The van der Waals surface area contributed by atoms with Crippen LogP contribution in [-0.4, -0.2) is 85.2 Å². The standard InChI is InChI=1S/C18H34N2O3.2ClH/c21-9-8-19-4-6-20(7-5-19)13-18(22)14-23-10-3-17-12-15-1-2-16(17)11-15;;/h15-18,21-22H,1-14H2;2*1H. The highest BCUT2D eigenvalue weighted by Gasteiger charge is 2.38. The molecule has 0 aromatic rings. The number of hydrogen-bond donors (Lipinski definition) is 2. The van der Waals surface area contributed by atoms with Crippen molar-refractivity contribution in [1.29, 1.82) is 0 Å². The average Bonchev–Trinajstić information content (AvgIpc) is 3.17. The molecule has 2 bridgehead atoms. The molecule has 0 amide bonds. The lowest BCUT2D eigenvalue weighted by atomic mass is 9.87. The van der Waals surface area contributed by atoms with Crippen LogP contribution in [0.2, 0.25) is 0 Å². The van der Waals surface area contributed by atoms with Gasteiger partial charge in [0.15, 0.2) is 0 Å². The lowest BCUT2D eigenvalue weighted by molar-refractivity contribution is 0.00152. The van der Waals surface area contributed by atoms with Crippen molar-refractivity contribution in [2.75, 3.05) is 59.1 Å². The number of aliphatic hydroxyl groups excluding tert-OH is 2. The van der Waals surface area contributed by atoms with Crippen LogP contribution >= 0.6 is 24.8 Å². The van der Waals surface area contributed by atoms with Gasteiger partial charge in [-0.15, -0.1) is 24.8 Å². The first-order valence-corrected chi connectivity index (χ1v) is 9.56. The van der Waals surface area contributed by atoms with E-state index in [1.807, 2.05) is 0 Å². The third-order valence-electron chi connectivity index (χ3n) is 6.18. The van der Waals surface area contributed by atoms with E-state index < -0.39 is 0 Å². The largest absolute Gasteiger partial charge is 0.395 e. The molecule has 25 heavy (non-hydrogen) atoms. The number of piperazine rings is 1. The molecule has 2 N–H and O–H groups in total. The minimum atomic E-state index is -0.376. The van der Waals surface area contributed by atoms with Crippen molar-refractivity contribution < 1.29 is 14.9 Å². The van der Waals surface area contributed by atoms with Crippen molar-refractivity contribution in [2.45, 2.75) is 38.2 Å². The van der Waals surface area contributed by atoms with E-state index in [2.05, 4.69) is 9.80 Å². The van der Waals surface area contributed by atoms with Gasteiger partial charge in [-0.1, -0.05) is 6.42 Å². The highest BCUT2D eigenvalue weighted by Crippen LogP contribution is 2.49. The van der Waals surface area contributed by atoms with Gasteiger partial charge < -0.3 is 14.9 Å². The van der Waals surface area contributed by atoms with Crippen LogP contribution in [0.4, 0.5) is 0 Å². The number of rotatable bonds is 9. The Hall–Kier alpha value is 0.380. The van der Waals surface area contributed by atoms with Gasteiger partial charge >= 0.3 is 0 Å². The molecule has 3 aliphatic rings. The van der Waals surface area contributed by atoms with Gasteiger partial charge in [-0.05, 0) is 43.4 Å². The summed E-state index contributed by atoms with van der Waals surface area (Å²) in [5.41, 5.74) is 0. The molecule has 2 saturated carbocycles. The van der Waals surface area contributed by atoms with Crippen LogP contribution in [-0.2, 0) is 4.74 Å². The molecule has 1 aliphatic heterocycles. The fraction of sp³-hybridized carbons (Fsp3) is 1.00. The fourth-order valence-corrected chi connectivity index (χ4v) is 4.87. The lowest BCUT2D eigenvalue weighted by Gasteiger charge is -2.35. The van der Waals surface area contributed by atoms with Gasteiger partial charge in [-0.3, -0.25) is 9.80 Å². The molecular formula is C18H36Cl2N2O3. The maximum absolute atomic E-state index is 10.1. The molecule has 3 fully saturated rings. The summed E-state index contributed by atoms with van der Waals surface area (Å²) in [7, 11) is 0. The second-order valence-electron chi connectivity index (χ2n) is 7.82. The van der Waals surface area contributed by atoms with Crippen LogP contribution in [0.15, 0.2) is 0 Å². The molecule has 0 aromatic heterocycles. The Bertz CT molecular complexity index is 357. The van der Waals surface area contributed by atoms with Gasteiger partial charge in [-0.25, -0.2) is 0 Å². The zero-order chi connectivity index (χ0) is 16.1.